The van der Waals surface area contributed by atoms with Crippen LogP contribution in [0.3, 0.4) is 0 Å². The van der Waals surface area contributed by atoms with E-state index >= 15 is 0 Å². The van der Waals surface area contributed by atoms with Gasteiger partial charge in [0, 0.05) is 25.7 Å². The van der Waals surface area contributed by atoms with Gasteiger partial charge in [0.2, 0.25) is 0 Å². The van der Waals surface area contributed by atoms with E-state index in [0.29, 0.717) is 12.3 Å². The summed E-state index contributed by atoms with van der Waals surface area (Å²) >= 11 is 0. The molecule has 0 radical (unpaired) electrons. The molecule has 20 heavy (non-hydrogen) atoms. The van der Waals surface area contributed by atoms with E-state index in [-0.39, 0.29) is 11.9 Å². The Hall–Kier alpha value is -1.59. The molecule has 0 bridgehead atoms. The van der Waals surface area contributed by atoms with Crippen LogP contribution in [0, 0.1) is 5.92 Å². The van der Waals surface area contributed by atoms with E-state index < -0.39 is 0 Å². The molecule has 1 aromatic rings. The molecule has 0 saturated carbocycles. The van der Waals surface area contributed by atoms with Crippen LogP contribution in [-0.4, -0.2) is 30.8 Å². The fraction of sp³-hybridized carbons (Fsp3) is 0.533. The Bertz CT molecular complexity index is 416. The first-order valence-electron chi connectivity index (χ1n) is 7.12. The third kappa shape index (κ3) is 4.51. The van der Waals surface area contributed by atoms with Crippen molar-refractivity contribution in [2.75, 3.05) is 19.8 Å². The Balaban J connectivity index is 1.95. The van der Waals surface area contributed by atoms with Crippen LogP contribution in [0.15, 0.2) is 35.5 Å². The standard InChI is InChI=1S/C15H23N3O2/c16-15(18-19)10-14(13-4-2-1-3-5-13)17-11-12-6-8-20-9-7-12/h1-5,12,14,17,19H,6-11H2,(H2,16,18). The Morgan fingerprint density at radius 2 is 2.05 bits per heavy atom. The average molecular weight is 277 g/mol. The molecule has 4 N–H and O–H groups in total. The molecule has 2 rings (SSSR count). The van der Waals surface area contributed by atoms with Crippen molar-refractivity contribution in [2.45, 2.75) is 25.3 Å². The van der Waals surface area contributed by atoms with Gasteiger partial charge in [-0.3, -0.25) is 0 Å². The summed E-state index contributed by atoms with van der Waals surface area (Å²) in [5, 5.41) is 15.4. The minimum absolute atomic E-state index is 0.0787. The predicted molar refractivity (Wildman–Crippen MR) is 78.8 cm³/mol. The van der Waals surface area contributed by atoms with Gasteiger partial charge >= 0.3 is 0 Å². The van der Waals surface area contributed by atoms with Gasteiger partial charge in [0.25, 0.3) is 0 Å². The fourth-order valence-electron chi connectivity index (χ4n) is 2.50. The summed E-state index contributed by atoms with van der Waals surface area (Å²) in [6.07, 6.45) is 2.69. The highest BCUT2D eigenvalue weighted by molar-refractivity contribution is 5.80. The van der Waals surface area contributed by atoms with Gasteiger partial charge in [0.15, 0.2) is 0 Å². The minimum Gasteiger partial charge on any atom is -0.409 e. The lowest BCUT2D eigenvalue weighted by Crippen LogP contribution is -2.33. The first-order chi connectivity index (χ1) is 9.79. The maximum absolute atomic E-state index is 8.77. The van der Waals surface area contributed by atoms with E-state index in [4.69, 9.17) is 15.7 Å². The van der Waals surface area contributed by atoms with Crippen molar-refractivity contribution in [2.24, 2.45) is 16.8 Å². The van der Waals surface area contributed by atoms with Crippen LogP contribution >= 0.6 is 0 Å². The number of hydrogen-bond donors (Lipinski definition) is 3. The van der Waals surface area contributed by atoms with Crippen molar-refractivity contribution in [1.29, 1.82) is 0 Å². The summed E-state index contributed by atoms with van der Waals surface area (Å²) in [5.41, 5.74) is 6.82. The molecule has 0 spiro atoms. The zero-order valence-electron chi connectivity index (χ0n) is 11.7. The van der Waals surface area contributed by atoms with Crippen molar-refractivity contribution < 1.29 is 9.94 Å². The summed E-state index contributed by atoms with van der Waals surface area (Å²) in [4.78, 5) is 0. The second-order valence-electron chi connectivity index (χ2n) is 5.22. The van der Waals surface area contributed by atoms with Crippen molar-refractivity contribution in [3.63, 3.8) is 0 Å². The van der Waals surface area contributed by atoms with Crippen LogP contribution in [0.4, 0.5) is 0 Å². The molecule has 1 atom stereocenters. The van der Waals surface area contributed by atoms with Crippen molar-refractivity contribution in [3.8, 4) is 0 Å². The number of rotatable bonds is 6. The van der Waals surface area contributed by atoms with Gasteiger partial charge in [-0.1, -0.05) is 35.5 Å². The third-order valence-corrected chi connectivity index (χ3v) is 3.74. The number of oxime groups is 1. The summed E-state index contributed by atoms with van der Waals surface area (Å²) in [6, 6.07) is 10.2. The molecule has 1 aliphatic heterocycles. The number of nitrogens with zero attached hydrogens (tertiary/aromatic N) is 1. The van der Waals surface area contributed by atoms with E-state index in [2.05, 4.69) is 22.6 Å². The van der Waals surface area contributed by atoms with E-state index in [0.717, 1.165) is 38.2 Å². The van der Waals surface area contributed by atoms with Gasteiger partial charge in [0.1, 0.15) is 5.84 Å². The first-order valence-corrected chi connectivity index (χ1v) is 7.12. The molecule has 1 aliphatic rings. The fourth-order valence-corrected chi connectivity index (χ4v) is 2.50. The predicted octanol–water partition coefficient (Wildman–Crippen LogP) is 1.88. The third-order valence-electron chi connectivity index (χ3n) is 3.74. The Kier molecular flexibility index (Phi) is 5.83. The average Bonchev–Trinajstić information content (AvgIpc) is 2.53. The summed E-state index contributed by atoms with van der Waals surface area (Å²) in [7, 11) is 0. The molecule has 5 nitrogen and oxygen atoms in total. The molecule has 1 heterocycles. The summed E-state index contributed by atoms with van der Waals surface area (Å²) in [6.45, 7) is 2.63. The quantitative estimate of drug-likeness (QED) is 0.321. The molecule has 1 unspecified atom stereocenters. The van der Waals surface area contributed by atoms with Gasteiger partial charge in [-0.25, -0.2) is 0 Å². The lowest BCUT2D eigenvalue weighted by molar-refractivity contribution is 0.0655. The maximum atomic E-state index is 8.77. The second kappa shape index (κ2) is 7.87. The smallest absolute Gasteiger partial charge is 0.141 e. The lowest BCUT2D eigenvalue weighted by atomic mass is 9.98. The minimum atomic E-state index is 0.0787. The van der Waals surface area contributed by atoms with Crippen LogP contribution in [0.2, 0.25) is 0 Å². The molecular formula is C15H23N3O2. The number of nitrogens with one attached hydrogen (secondary N) is 1. The molecule has 0 aliphatic carbocycles. The number of hydrogen-bond acceptors (Lipinski definition) is 4. The largest absolute Gasteiger partial charge is 0.409 e. The topological polar surface area (TPSA) is 79.9 Å². The highest BCUT2D eigenvalue weighted by Gasteiger charge is 2.18. The van der Waals surface area contributed by atoms with Crippen LogP contribution in [-0.2, 0) is 4.74 Å². The second-order valence-corrected chi connectivity index (χ2v) is 5.22. The zero-order chi connectivity index (χ0) is 14.2. The van der Waals surface area contributed by atoms with Crippen LogP contribution in [0.1, 0.15) is 30.9 Å². The highest BCUT2D eigenvalue weighted by atomic mass is 16.5. The number of benzene rings is 1. The Morgan fingerprint density at radius 3 is 2.70 bits per heavy atom. The van der Waals surface area contributed by atoms with Crippen LogP contribution in [0.25, 0.3) is 0 Å². The molecular weight excluding hydrogens is 254 g/mol. The normalized spacial score (nSPS) is 18.9. The molecule has 0 amide bonds. The zero-order valence-corrected chi connectivity index (χ0v) is 11.7. The number of nitrogens with two attached hydrogens (primary N) is 1. The van der Waals surface area contributed by atoms with Gasteiger partial charge in [-0.2, -0.15) is 0 Å². The lowest BCUT2D eigenvalue weighted by Gasteiger charge is -2.26. The summed E-state index contributed by atoms with van der Waals surface area (Å²) < 4.78 is 5.37. The Morgan fingerprint density at radius 1 is 1.35 bits per heavy atom. The highest BCUT2D eigenvalue weighted by Crippen LogP contribution is 2.19. The number of amidine groups is 1. The van der Waals surface area contributed by atoms with Crippen molar-refractivity contribution in [1.82, 2.24) is 5.32 Å². The molecule has 5 heteroatoms. The maximum Gasteiger partial charge on any atom is 0.141 e. The SMILES string of the molecule is NC(CC(NCC1CCOCC1)c1ccccc1)=NO. The van der Waals surface area contributed by atoms with E-state index in [1.807, 2.05) is 18.2 Å². The van der Waals surface area contributed by atoms with Crippen LogP contribution < -0.4 is 11.1 Å². The molecule has 0 aromatic heterocycles. The van der Waals surface area contributed by atoms with Gasteiger partial charge in [0.05, 0.1) is 0 Å². The van der Waals surface area contributed by atoms with Crippen molar-refractivity contribution in [3.05, 3.63) is 35.9 Å². The van der Waals surface area contributed by atoms with Gasteiger partial charge in [-0.05, 0) is 30.9 Å². The van der Waals surface area contributed by atoms with Gasteiger partial charge in [-0.15, -0.1) is 0 Å². The molecule has 1 saturated heterocycles. The van der Waals surface area contributed by atoms with Crippen molar-refractivity contribution >= 4 is 5.84 Å². The Labute approximate surface area is 119 Å². The van der Waals surface area contributed by atoms with Crippen LogP contribution in [0.5, 0.6) is 0 Å². The number of ether oxygens (including phenoxy) is 1. The monoisotopic (exact) mass is 277 g/mol. The summed E-state index contributed by atoms with van der Waals surface area (Å²) in [5.74, 6) is 0.889. The molecule has 1 fully saturated rings. The first kappa shape index (κ1) is 14.8. The van der Waals surface area contributed by atoms with E-state index in [9.17, 15) is 0 Å². The van der Waals surface area contributed by atoms with E-state index in [1.165, 1.54) is 0 Å². The molecule has 1 aromatic carbocycles. The van der Waals surface area contributed by atoms with E-state index in [1.54, 1.807) is 0 Å². The molecule has 110 valence electrons. The van der Waals surface area contributed by atoms with Gasteiger partial charge < -0.3 is 21.0 Å².